The molecule has 1 aromatic rings. The first-order chi connectivity index (χ1) is 9.41. The summed E-state index contributed by atoms with van der Waals surface area (Å²) in [4.78, 5) is 0. The zero-order chi connectivity index (χ0) is 14.3. The van der Waals surface area contributed by atoms with E-state index in [-0.39, 0.29) is 18.4 Å². The van der Waals surface area contributed by atoms with E-state index in [9.17, 15) is 13.2 Å². The molecule has 1 N–H and O–H groups in total. The maximum atomic E-state index is 12.9. The molecule has 0 saturated heterocycles. The van der Waals surface area contributed by atoms with Crippen molar-refractivity contribution in [3.8, 4) is 0 Å². The van der Waals surface area contributed by atoms with Crippen LogP contribution in [0.5, 0.6) is 0 Å². The Morgan fingerprint density at radius 1 is 1.40 bits per heavy atom. The summed E-state index contributed by atoms with van der Waals surface area (Å²) in [6, 6.07) is 0. The van der Waals surface area contributed by atoms with Crippen molar-refractivity contribution in [3.63, 3.8) is 0 Å². The lowest BCUT2D eigenvalue weighted by Crippen LogP contribution is -2.37. The summed E-state index contributed by atoms with van der Waals surface area (Å²) in [6.45, 7) is 1.72. The second kappa shape index (κ2) is 4.53. The molecule has 5 nitrogen and oxygen atoms in total. The highest BCUT2D eigenvalue weighted by Crippen LogP contribution is 2.39. The molecule has 0 spiro atoms. The van der Waals surface area contributed by atoms with Crippen molar-refractivity contribution in [1.29, 1.82) is 0 Å². The van der Waals surface area contributed by atoms with Crippen molar-refractivity contribution in [2.24, 2.45) is 5.92 Å². The van der Waals surface area contributed by atoms with E-state index in [0.29, 0.717) is 11.6 Å². The first-order valence-electron chi connectivity index (χ1n) is 6.25. The third-order valence-electron chi connectivity index (χ3n) is 3.10. The van der Waals surface area contributed by atoms with Crippen molar-refractivity contribution < 1.29 is 17.6 Å². The lowest BCUT2D eigenvalue weighted by molar-refractivity contribution is -0.0904. The average Bonchev–Trinajstić information content (AvgIpc) is 3.13. The minimum absolute atomic E-state index is 0.0878. The Balaban J connectivity index is 1.81. The van der Waals surface area contributed by atoms with Crippen LogP contribution in [-0.4, -0.2) is 21.4 Å². The van der Waals surface area contributed by atoms with Crippen molar-refractivity contribution in [1.82, 2.24) is 20.6 Å². The highest BCUT2D eigenvalue weighted by atomic mass is 19.4. The van der Waals surface area contributed by atoms with Gasteiger partial charge in [-0.2, -0.15) is 13.2 Å². The number of allylic oxidation sites excluding steroid dienone is 3. The number of rotatable bonds is 3. The van der Waals surface area contributed by atoms with Gasteiger partial charge in [0.05, 0.1) is 5.57 Å². The Morgan fingerprint density at radius 3 is 2.70 bits per heavy atom. The minimum atomic E-state index is -4.37. The molecule has 1 aliphatic heterocycles. The van der Waals surface area contributed by atoms with Crippen molar-refractivity contribution >= 4 is 0 Å². The molecule has 2 heterocycles. The predicted molar refractivity (Wildman–Crippen MR) is 62.7 cm³/mol. The molecule has 20 heavy (non-hydrogen) atoms. The standard InChI is InChI=1S/C12H13F3N4O/c1-7-16-17-11(20-7)6-19-5-9(12(13,14)15)4-10(18-19)8-2-3-8/h4-5,8,18H,2-3,6H2,1H3. The third kappa shape index (κ3) is 2.78. The summed E-state index contributed by atoms with van der Waals surface area (Å²) in [7, 11) is 0. The summed E-state index contributed by atoms with van der Waals surface area (Å²) in [5.74, 6) is 0.841. The van der Waals surface area contributed by atoms with Crippen LogP contribution in [0.15, 0.2) is 28.0 Å². The van der Waals surface area contributed by atoms with Gasteiger partial charge in [-0.3, -0.25) is 5.01 Å². The highest BCUT2D eigenvalue weighted by Gasteiger charge is 2.37. The molecule has 1 aliphatic carbocycles. The molecule has 0 radical (unpaired) electrons. The number of nitrogens with zero attached hydrogens (tertiary/aromatic N) is 3. The van der Waals surface area contributed by atoms with Gasteiger partial charge in [0.2, 0.25) is 11.8 Å². The van der Waals surface area contributed by atoms with E-state index in [1.54, 1.807) is 6.92 Å². The zero-order valence-electron chi connectivity index (χ0n) is 10.7. The Hall–Kier alpha value is -1.99. The van der Waals surface area contributed by atoms with Gasteiger partial charge in [0.15, 0.2) is 0 Å². The van der Waals surface area contributed by atoms with Gasteiger partial charge >= 0.3 is 6.18 Å². The topological polar surface area (TPSA) is 54.2 Å². The van der Waals surface area contributed by atoms with Crippen LogP contribution < -0.4 is 5.43 Å². The molecule has 0 bridgehead atoms. The number of hydrogen-bond acceptors (Lipinski definition) is 5. The van der Waals surface area contributed by atoms with E-state index in [1.807, 2.05) is 0 Å². The quantitative estimate of drug-likeness (QED) is 0.925. The molecule has 0 unspecified atom stereocenters. The van der Waals surface area contributed by atoms with Crippen molar-refractivity contribution in [3.05, 3.63) is 35.3 Å². The normalized spacial score (nSPS) is 19.5. The molecule has 3 rings (SSSR count). The number of halogens is 3. The van der Waals surface area contributed by atoms with Crippen molar-refractivity contribution in [2.75, 3.05) is 0 Å². The van der Waals surface area contributed by atoms with Crippen molar-refractivity contribution in [2.45, 2.75) is 32.5 Å². The molecule has 0 atom stereocenters. The van der Waals surface area contributed by atoms with Gasteiger partial charge in [-0.15, -0.1) is 10.2 Å². The van der Waals surface area contributed by atoms with E-state index in [1.165, 1.54) is 11.1 Å². The summed E-state index contributed by atoms with van der Waals surface area (Å²) in [5.41, 5.74) is 2.89. The molecule has 0 amide bonds. The number of aromatic nitrogens is 2. The van der Waals surface area contributed by atoms with Gasteiger partial charge in [0, 0.05) is 24.7 Å². The molecule has 2 aliphatic rings. The van der Waals surface area contributed by atoms with Crippen LogP contribution in [0.2, 0.25) is 0 Å². The monoisotopic (exact) mass is 286 g/mol. The maximum absolute atomic E-state index is 12.9. The van der Waals surface area contributed by atoms with Gasteiger partial charge in [0.1, 0.15) is 6.54 Å². The molecule has 8 heteroatoms. The summed E-state index contributed by atoms with van der Waals surface area (Å²) >= 11 is 0. The van der Waals surface area contributed by atoms with Crippen LogP contribution in [0.25, 0.3) is 0 Å². The third-order valence-corrected chi connectivity index (χ3v) is 3.10. The summed E-state index contributed by atoms with van der Waals surface area (Å²) in [6.07, 6.45) is -0.348. The van der Waals surface area contributed by atoms with Crippen LogP contribution in [0.1, 0.15) is 24.6 Å². The first-order valence-corrected chi connectivity index (χ1v) is 6.25. The van der Waals surface area contributed by atoms with Gasteiger partial charge in [0.25, 0.3) is 0 Å². The summed E-state index contributed by atoms with van der Waals surface area (Å²) < 4.78 is 43.9. The largest absolute Gasteiger partial charge is 0.424 e. The first kappa shape index (κ1) is 13.0. The van der Waals surface area contributed by atoms with E-state index in [4.69, 9.17) is 4.42 Å². The number of hydrazine groups is 1. The predicted octanol–water partition coefficient (Wildman–Crippen LogP) is 2.44. The van der Waals surface area contributed by atoms with Gasteiger partial charge in [-0.05, 0) is 18.9 Å². The van der Waals surface area contributed by atoms with Gasteiger partial charge < -0.3 is 9.84 Å². The Morgan fingerprint density at radius 2 is 2.15 bits per heavy atom. The van der Waals surface area contributed by atoms with E-state index >= 15 is 0 Å². The molecule has 1 fully saturated rings. The van der Waals surface area contributed by atoms with E-state index < -0.39 is 11.7 Å². The fourth-order valence-corrected chi connectivity index (χ4v) is 1.99. The number of alkyl halides is 3. The molecular formula is C12H13F3N4O. The lowest BCUT2D eigenvalue weighted by Gasteiger charge is -2.28. The molecule has 1 aromatic heterocycles. The van der Waals surface area contributed by atoms with Crippen LogP contribution in [0, 0.1) is 12.8 Å². The summed E-state index contributed by atoms with van der Waals surface area (Å²) in [5, 5.41) is 8.78. The number of aryl methyl sites for hydroxylation is 1. The Labute approximate surface area is 113 Å². The molecular weight excluding hydrogens is 273 g/mol. The fraction of sp³-hybridized carbons (Fsp3) is 0.500. The fourth-order valence-electron chi connectivity index (χ4n) is 1.99. The molecule has 1 saturated carbocycles. The smallest absolute Gasteiger partial charge is 0.417 e. The maximum Gasteiger partial charge on any atom is 0.417 e. The number of hydrogen-bond donors (Lipinski definition) is 1. The highest BCUT2D eigenvalue weighted by molar-refractivity contribution is 5.32. The molecule has 0 aromatic carbocycles. The second-order valence-electron chi connectivity index (χ2n) is 4.91. The second-order valence-corrected chi connectivity index (χ2v) is 4.91. The van der Waals surface area contributed by atoms with Gasteiger partial charge in [-0.1, -0.05) is 0 Å². The van der Waals surface area contributed by atoms with Crippen LogP contribution in [-0.2, 0) is 6.54 Å². The Bertz CT molecular complexity index is 572. The average molecular weight is 286 g/mol. The Kier molecular flexibility index (Phi) is 2.95. The van der Waals surface area contributed by atoms with Gasteiger partial charge in [-0.25, -0.2) is 0 Å². The van der Waals surface area contributed by atoms with E-state index in [2.05, 4.69) is 15.6 Å². The lowest BCUT2D eigenvalue weighted by atomic mass is 10.1. The zero-order valence-corrected chi connectivity index (χ0v) is 10.7. The van der Waals surface area contributed by atoms with Crippen LogP contribution in [0.4, 0.5) is 13.2 Å². The number of nitrogens with one attached hydrogen (secondary N) is 1. The van der Waals surface area contributed by atoms with E-state index in [0.717, 1.165) is 19.0 Å². The van der Waals surface area contributed by atoms with Crippen LogP contribution >= 0.6 is 0 Å². The minimum Gasteiger partial charge on any atom is -0.424 e. The molecule has 108 valence electrons. The SMILES string of the molecule is Cc1nnc(CN2C=C(C(F)(F)F)C=C(C3CC3)N2)o1. The van der Waals surface area contributed by atoms with Crippen LogP contribution in [0.3, 0.4) is 0 Å².